The van der Waals surface area contributed by atoms with Crippen molar-refractivity contribution in [3.05, 3.63) is 0 Å². The number of nitrogens with one attached hydrogen (secondary N) is 1. The van der Waals surface area contributed by atoms with Crippen molar-refractivity contribution in [3.8, 4) is 0 Å². The second-order valence-corrected chi connectivity index (χ2v) is 5.71. The number of hydrogen-bond acceptors (Lipinski definition) is 4. The minimum absolute atomic E-state index is 0.0213. The van der Waals surface area contributed by atoms with Crippen LogP contribution in [0.15, 0.2) is 0 Å². The Kier molecular flexibility index (Phi) is 7.72. The first-order chi connectivity index (χ1) is 10.0. The summed E-state index contributed by atoms with van der Waals surface area (Å²) in [6.07, 6.45) is 3.70. The minimum atomic E-state index is -0.198. The van der Waals surface area contributed by atoms with E-state index in [0.717, 1.165) is 38.8 Å². The first kappa shape index (κ1) is 18.0. The third kappa shape index (κ3) is 5.30. The number of nitrogens with zero attached hydrogens (tertiary/aromatic N) is 1. The molecule has 0 aliphatic heterocycles. The predicted octanol–water partition coefficient (Wildman–Crippen LogP) is 1.95. The fourth-order valence-electron chi connectivity index (χ4n) is 3.05. The lowest BCUT2D eigenvalue weighted by molar-refractivity contribution is -0.149. The molecule has 122 valence electrons. The Morgan fingerprint density at radius 1 is 1.24 bits per heavy atom. The normalized spacial score (nSPS) is 23.4. The molecule has 1 amide bonds. The molecule has 1 aliphatic carbocycles. The van der Waals surface area contributed by atoms with Crippen molar-refractivity contribution in [1.82, 2.24) is 10.2 Å². The van der Waals surface area contributed by atoms with Gasteiger partial charge < -0.3 is 15.0 Å². The highest BCUT2D eigenvalue weighted by Gasteiger charge is 2.30. The Balaban J connectivity index is 2.50. The molecule has 3 unspecified atom stereocenters. The van der Waals surface area contributed by atoms with Gasteiger partial charge in [-0.2, -0.15) is 0 Å². The average Bonchev–Trinajstić information content (AvgIpc) is 2.48. The molecule has 0 aromatic carbocycles. The zero-order valence-electron chi connectivity index (χ0n) is 13.9. The number of ether oxygens (including phenoxy) is 1. The van der Waals surface area contributed by atoms with Crippen LogP contribution in [0.3, 0.4) is 0 Å². The molecule has 1 fully saturated rings. The summed E-state index contributed by atoms with van der Waals surface area (Å²) in [5.74, 6) is 0.0249. The summed E-state index contributed by atoms with van der Waals surface area (Å²) >= 11 is 0. The van der Waals surface area contributed by atoms with Gasteiger partial charge in [0.1, 0.15) is 0 Å². The third-order valence-electron chi connectivity index (χ3n) is 4.23. The van der Waals surface area contributed by atoms with Crippen molar-refractivity contribution < 1.29 is 14.3 Å². The monoisotopic (exact) mass is 298 g/mol. The molecule has 0 spiro atoms. The van der Waals surface area contributed by atoms with Crippen LogP contribution in [-0.2, 0) is 14.3 Å². The van der Waals surface area contributed by atoms with E-state index < -0.39 is 0 Å². The SMILES string of the molecule is CCOC(=O)C1CCCC(NC(C)C(=O)N(CC)CC)C1. The van der Waals surface area contributed by atoms with Crippen LogP contribution in [0.4, 0.5) is 0 Å². The first-order valence-electron chi connectivity index (χ1n) is 8.24. The number of esters is 1. The molecule has 1 rings (SSSR count). The lowest BCUT2D eigenvalue weighted by atomic mass is 9.85. The molecule has 0 aromatic rings. The Morgan fingerprint density at radius 2 is 1.90 bits per heavy atom. The van der Waals surface area contributed by atoms with Gasteiger partial charge in [0.25, 0.3) is 0 Å². The van der Waals surface area contributed by atoms with Crippen LogP contribution in [-0.4, -0.2) is 48.6 Å². The molecule has 0 radical (unpaired) electrons. The van der Waals surface area contributed by atoms with E-state index in [9.17, 15) is 9.59 Å². The largest absolute Gasteiger partial charge is 0.466 e. The molecular formula is C16H30N2O3. The molecule has 0 bridgehead atoms. The summed E-state index contributed by atoms with van der Waals surface area (Å²) < 4.78 is 5.11. The van der Waals surface area contributed by atoms with Crippen LogP contribution in [0.25, 0.3) is 0 Å². The van der Waals surface area contributed by atoms with Crippen molar-refractivity contribution in [3.63, 3.8) is 0 Å². The summed E-state index contributed by atoms with van der Waals surface area (Å²) in [5, 5.41) is 3.40. The summed E-state index contributed by atoms with van der Waals surface area (Å²) in [6, 6.07) is 0.0264. The lowest BCUT2D eigenvalue weighted by Gasteiger charge is -2.32. The van der Waals surface area contributed by atoms with E-state index in [4.69, 9.17) is 4.74 Å². The van der Waals surface area contributed by atoms with Gasteiger partial charge in [-0.1, -0.05) is 6.42 Å². The van der Waals surface area contributed by atoms with Gasteiger partial charge in [-0.15, -0.1) is 0 Å². The topological polar surface area (TPSA) is 58.6 Å². The minimum Gasteiger partial charge on any atom is -0.466 e. The maximum Gasteiger partial charge on any atom is 0.308 e. The van der Waals surface area contributed by atoms with Crippen LogP contribution in [0.2, 0.25) is 0 Å². The first-order valence-corrected chi connectivity index (χ1v) is 8.24. The molecule has 0 aromatic heterocycles. The highest BCUT2D eigenvalue weighted by Crippen LogP contribution is 2.25. The second kappa shape index (κ2) is 9.03. The van der Waals surface area contributed by atoms with Crippen LogP contribution in [0.1, 0.15) is 53.4 Å². The van der Waals surface area contributed by atoms with Gasteiger partial charge in [0, 0.05) is 19.1 Å². The molecule has 1 saturated carbocycles. The Bertz CT molecular complexity index is 342. The van der Waals surface area contributed by atoms with E-state index >= 15 is 0 Å². The van der Waals surface area contributed by atoms with Gasteiger partial charge >= 0.3 is 5.97 Å². The van der Waals surface area contributed by atoms with Gasteiger partial charge in [0.15, 0.2) is 0 Å². The molecular weight excluding hydrogens is 268 g/mol. The van der Waals surface area contributed by atoms with Gasteiger partial charge in [-0.05, 0) is 47.0 Å². The highest BCUT2D eigenvalue weighted by molar-refractivity contribution is 5.81. The average molecular weight is 298 g/mol. The summed E-state index contributed by atoms with van der Waals surface area (Å²) in [7, 11) is 0. The fourth-order valence-corrected chi connectivity index (χ4v) is 3.05. The quantitative estimate of drug-likeness (QED) is 0.730. The van der Waals surface area contributed by atoms with E-state index in [-0.39, 0.29) is 29.9 Å². The van der Waals surface area contributed by atoms with Gasteiger partial charge in [0.05, 0.1) is 18.6 Å². The van der Waals surface area contributed by atoms with E-state index in [1.807, 2.05) is 32.6 Å². The van der Waals surface area contributed by atoms with Crippen molar-refractivity contribution in [2.45, 2.75) is 65.5 Å². The van der Waals surface area contributed by atoms with Gasteiger partial charge in [0.2, 0.25) is 5.91 Å². The van der Waals surface area contributed by atoms with Crippen molar-refractivity contribution in [2.24, 2.45) is 5.92 Å². The predicted molar refractivity (Wildman–Crippen MR) is 82.9 cm³/mol. The zero-order valence-corrected chi connectivity index (χ0v) is 13.9. The van der Waals surface area contributed by atoms with Crippen molar-refractivity contribution >= 4 is 11.9 Å². The molecule has 5 heteroatoms. The second-order valence-electron chi connectivity index (χ2n) is 5.71. The number of carbonyl (C=O) groups is 2. The smallest absolute Gasteiger partial charge is 0.308 e. The summed E-state index contributed by atoms with van der Waals surface area (Å²) in [4.78, 5) is 25.9. The molecule has 1 aliphatic rings. The summed E-state index contributed by atoms with van der Waals surface area (Å²) in [5.41, 5.74) is 0. The Labute approximate surface area is 128 Å². The van der Waals surface area contributed by atoms with Crippen LogP contribution < -0.4 is 5.32 Å². The molecule has 5 nitrogen and oxygen atoms in total. The number of carbonyl (C=O) groups excluding carboxylic acids is 2. The number of amides is 1. The molecule has 3 atom stereocenters. The van der Waals surface area contributed by atoms with E-state index in [2.05, 4.69) is 5.32 Å². The molecule has 1 N–H and O–H groups in total. The maximum atomic E-state index is 12.3. The third-order valence-corrected chi connectivity index (χ3v) is 4.23. The number of likely N-dealkylation sites (N-methyl/N-ethyl adjacent to an activating group) is 1. The lowest BCUT2D eigenvalue weighted by Crippen LogP contribution is -2.49. The van der Waals surface area contributed by atoms with E-state index in [1.54, 1.807) is 0 Å². The maximum absolute atomic E-state index is 12.3. The number of hydrogen-bond donors (Lipinski definition) is 1. The van der Waals surface area contributed by atoms with Crippen LogP contribution in [0.5, 0.6) is 0 Å². The highest BCUT2D eigenvalue weighted by atomic mass is 16.5. The number of rotatable bonds is 7. The van der Waals surface area contributed by atoms with Crippen molar-refractivity contribution in [1.29, 1.82) is 0 Å². The Morgan fingerprint density at radius 3 is 2.48 bits per heavy atom. The van der Waals surface area contributed by atoms with Crippen LogP contribution in [0, 0.1) is 5.92 Å². The van der Waals surface area contributed by atoms with Gasteiger partial charge in [-0.25, -0.2) is 0 Å². The molecule has 0 heterocycles. The van der Waals surface area contributed by atoms with E-state index in [0.29, 0.717) is 6.61 Å². The Hall–Kier alpha value is -1.10. The van der Waals surface area contributed by atoms with Gasteiger partial charge in [-0.3, -0.25) is 9.59 Å². The fraction of sp³-hybridized carbons (Fsp3) is 0.875. The molecule has 21 heavy (non-hydrogen) atoms. The zero-order chi connectivity index (χ0) is 15.8. The summed E-state index contributed by atoms with van der Waals surface area (Å²) in [6.45, 7) is 9.63. The van der Waals surface area contributed by atoms with E-state index in [1.165, 1.54) is 0 Å². The van der Waals surface area contributed by atoms with Crippen molar-refractivity contribution in [2.75, 3.05) is 19.7 Å². The van der Waals surface area contributed by atoms with Crippen LogP contribution >= 0.6 is 0 Å². The standard InChI is InChI=1S/C16H30N2O3/c1-5-18(6-2)15(19)12(4)17-14-10-8-9-13(11-14)16(20)21-7-3/h12-14,17H,5-11H2,1-4H3. The molecule has 0 saturated heterocycles.